The molecule has 9 N–H and O–H groups in total. The molecule has 724 valence electrons. The minimum Gasteiger partial charge on any atom is -0.481 e. The molecule has 0 saturated carbocycles. The second-order valence-corrected chi connectivity index (χ2v) is 34.5. The van der Waals surface area contributed by atoms with Gasteiger partial charge in [0.05, 0.1) is 85.3 Å². The number of rotatable bonds is 25. The molecule has 7 unspecified atom stereocenters. The number of nitrogen functional groups attached to an aromatic ring is 2. The van der Waals surface area contributed by atoms with E-state index >= 15 is 0 Å². The van der Waals surface area contributed by atoms with E-state index < -0.39 is 82.0 Å². The van der Waals surface area contributed by atoms with Crippen LogP contribution >= 0.6 is 57.4 Å². The molecule has 0 spiro atoms. The number of ketones is 5. The first-order chi connectivity index (χ1) is 65.5. The lowest BCUT2D eigenvalue weighted by molar-refractivity contribution is -0.139. The number of carbonyl (C=O) groups is 8. The standard InChI is InChI=1S/C22H19ClFN3O.C22H20ClFN2O3.C11H12ClN3.C11H10FNO.C10H10FIO.C10H8FNO2.C10H12FNO.C9H10FNO2/c1-14-10-20(27(26-14)19-5-3-4-18(23)12-19)8-9-22(28)15(2)16-6-7-17(13-25)21(24)11-16;1-13-10-18(26(25-13)17-5-3-4-16(23)12-17)7-9-21(27)14(2)15-6-8-19(22(28)29)20(24)11-15;1-8-5-11(7-13)15(14-8)10-4-2-3-9(12)6-10;1-7(8(2)14)9-3-4-10(6-13)11(12)5-9;1-6(7(2)13)8-3-4-10(12)9(11)5-8;1-6(10(13)14)7-2-3-8(5-12)9(11)4-7;1-6(7(2)13)8-3-4-10(12)9(11)5-8;1-5(9(12)13)6-2-3-8(11)7(10)4-6/h3-7,10-12,15H,8-9H2,1-2H3;3-6,8,10-12,14H,7,9H2,1-2H3,(H,28,29);2-6H,7,13H2,1H3;3-5,7H,1-2H3;3-6H,1-2H3;2-4,6H,1H3,(H,13,14);3-6H,12H2,1-2H3;2-5H,11H2,1H3,(H,12,13). The molecule has 139 heavy (non-hydrogen) atoms. The number of aromatic carboxylic acids is 1. The van der Waals surface area contributed by atoms with E-state index in [9.17, 15) is 69.1 Å². The summed E-state index contributed by atoms with van der Waals surface area (Å²) < 4.78 is 98.9. The van der Waals surface area contributed by atoms with Crippen molar-refractivity contribution in [2.75, 3.05) is 11.5 Å². The number of nitriles is 3. The maximum absolute atomic E-state index is 13.9. The van der Waals surface area contributed by atoms with Gasteiger partial charge in [0.1, 0.15) is 87.8 Å². The first kappa shape index (κ1) is 113. The van der Waals surface area contributed by atoms with Crippen LogP contribution in [0, 0.1) is 99.1 Å². The van der Waals surface area contributed by atoms with Crippen molar-refractivity contribution in [1.29, 1.82) is 15.8 Å². The third-order valence-electron chi connectivity index (χ3n) is 21.9. The number of aromatic nitrogens is 6. The van der Waals surface area contributed by atoms with Crippen LogP contribution in [0.4, 0.5) is 42.1 Å². The Morgan fingerprint density at radius 1 is 0.367 bits per heavy atom. The predicted molar refractivity (Wildman–Crippen MR) is 528 cm³/mol. The fourth-order valence-corrected chi connectivity index (χ4v) is 13.9. The average Bonchev–Trinajstić information content (AvgIpc) is 1.69. The Kier molecular flexibility index (Phi) is 44.1. The molecule has 0 aliphatic rings. The zero-order valence-electron chi connectivity index (χ0n) is 77.9. The number of nitrogens with zero attached hydrogens (tertiary/aromatic N) is 9. The van der Waals surface area contributed by atoms with Gasteiger partial charge in [-0.1, -0.05) is 130 Å². The van der Waals surface area contributed by atoms with Gasteiger partial charge in [0.25, 0.3) is 0 Å². The molecule has 0 bridgehead atoms. The number of Topliss-reactive ketones (excluding diaryl/α,β-unsaturated/α-hetero) is 5. The van der Waals surface area contributed by atoms with E-state index in [1.165, 1.54) is 113 Å². The Morgan fingerprint density at radius 2 is 0.640 bits per heavy atom. The molecule has 0 radical (unpaired) electrons. The third-order valence-corrected chi connectivity index (χ3v) is 23.5. The zero-order valence-corrected chi connectivity index (χ0v) is 82.3. The van der Waals surface area contributed by atoms with Crippen LogP contribution in [0.1, 0.15) is 224 Å². The van der Waals surface area contributed by atoms with Gasteiger partial charge in [-0.25, -0.2) is 49.6 Å². The summed E-state index contributed by atoms with van der Waals surface area (Å²) in [5, 5.41) is 67.3. The first-order valence-corrected chi connectivity index (χ1v) is 45.1. The molecule has 13 rings (SSSR count). The molecule has 13 aromatic rings. The van der Waals surface area contributed by atoms with Crippen LogP contribution in [-0.2, 0) is 52.9 Å². The zero-order chi connectivity index (χ0) is 104. The third kappa shape index (κ3) is 33.9. The van der Waals surface area contributed by atoms with E-state index in [4.69, 9.17) is 83.1 Å². The van der Waals surface area contributed by atoms with Crippen molar-refractivity contribution in [2.45, 2.75) is 164 Å². The van der Waals surface area contributed by atoms with E-state index in [-0.39, 0.29) is 87.0 Å². The van der Waals surface area contributed by atoms with E-state index in [2.05, 4.69) is 15.3 Å². The lowest BCUT2D eigenvalue weighted by atomic mass is 9.92. The van der Waals surface area contributed by atoms with Crippen LogP contribution in [-0.4, -0.2) is 91.5 Å². The molecular formula is C105H101Cl3F7IN12O11. The maximum Gasteiger partial charge on any atom is 0.338 e. The molecule has 34 heteroatoms. The number of hydrogen-bond acceptors (Lipinski definition) is 17. The minimum absolute atomic E-state index is 0.000560. The Hall–Kier alpha value is -14.3. The summed E-state index contributed by atoms with van der Waals surface area (Å²) in [6.07, 6.45) is 1.52. The smallest absolute Gasteiger partial charge is 0.338 e. The Labute approximate surface area is 828 Å². The number of benzene rings is 10. The number of aliphatic carboxylic acids is 2. The van der Waals surface area contributed by atoms with Crippen LogP contribution in [0.15, 0.2) is 218 Å². The van der Waals surface area contributed by atoms with E-state index in [0.717, 1.165) is 75.0 Å². The first-order valence-electron chi connectivity index (χ1n) is 42.9. The summed E-state index contributed by atoms with van der Waals surface area (Å²) >= 11 is 20.0. The number of anilines is 2. The van der Waals surface area contributed by atoms with Gasteiger partial charge >= 0.3 is 17.9 Å². The molecule has 7 atom stereocenters. The van der Waals surface area contributed by atoms with Crippen LogP contribution in [0.5, 0.6) is 0 Å². The molecule has 0 aliphatic heterocycles. The van der Waals surface area contributed by atoms with Gasteiger partial charge in [0, 0.05) is 79.0 Å². The highest BCUT2D eigenvalue weighted by atomic mass is 127. The number of carbonyl (C=O) groups excluding carboxylic acids is 5. The fraction of sp³-hybridized carbons (Fsp3) is 0.238. The van der Waals surface area contributed by atoms with Crippen LogP contribution in [0.3, 0.4) is 0 Å². The van der Waals surface area contributed by atoms with E-state index in [1.807, 2.05) is 121 Å². The van der Waals surface area contributed by atoms with Crippen LogP contribution in [0.25, 0.3) is 17.1 Å². The predicted octanol–water partition coefficient (Wildman–Crippen LogP) is 23.5. The number of hydrogen-bond donors (Lipinski definition) is 6. The van der Waals surface area contributed by atoms with Gasteiger partial charge in [-0.15, -0.1) is 0 Å². The summed E-state index contributed by atoms with van der Waals surface area (Å²) in [7, 11) is 0. The largest absolute Gasteiger partial charge is 0.481 e. The number of aryl methyl sites for hydroxylation is 5. The lowest BCUT2D eigenvalue weighted by Crippen LogP contribution is -2.13. The molecule has 0 aliphatic carbocycles. The Balaban J connectivity index is 0.000000250. The SMILES string of the molecule is CC(=O)C(C)c1ccc(C#N)c(F)c1.CC(=O)C(C)c1ccc(I)c(F)c1.CC(=O)C(C)c1ccc(N)c(F)c1.CC(C(=O)O)c1ccc(C#N)c(F)c1.CC(C(=O)O)c1ccc(N)c(F)c1.Cc1cc(CCC(=O)C(C)c2ccc(C#N)c(F)c2)n(-c2cccc(Cl)c2)n1.Cc1cc(CCC(=O)C(C)c2ccc(C(=O)O)c(F)c2)n(-c2cccc(Cl)c2)n1.Cc1cc(CN)n(-c2cccc(Cl)c2)n1. The molecule has 3 aromatic heterocycles. The normalized spacial score (nSPS) is 11.9. The second-order valence-electron chi connectivity index (χ2n) is 32.0. The van der Waals surface area contributed by atoms with Crippen LogP contribution < -0.4 is 17.2 Å². The molecule has 0 saturated heterocycles. The topological polar surface area (TPSA) is 400 Å². The Bertz CT molecular complexity index is 6510. The van der Waals surface area contributed by atoms with Gasteiger partial charge in [-0.05, 0) is 287 Å². The highest BCUT2D eigenvalue weighted by molar-refractivity contribution is 14.1. The van der Waals surface area contributed by atoms with Gasteiger partial charge in [-0.2, -0.15) is 31.1 Å². The highest BCUT2D eigenvalue weighted by Crippen LogP contribution is 2.30. The summed E-state index contributed by atoms with van der Waals surface area (Å²) in [5.74, 6) is -10.6. The highest BCUT2D eigenvalue weighted by Gasteiger charge is 2.25. The van der Waals surface area contributed by atoms with Crippen molar-refractivity contribution in [2.24, 2.45) is 5.73 Å². The van der Waals surface area contributed by atoms with E-state index in [0.29, 0.717) is 77.8 Å². The average molecular weight is 2070 g/mol. The van der Waals surface area contributed by atoms with Gasteiger partial charge in [-0.3, -0.25) is 33.6 Å². The summed E-state index contributed by atoms with van der Waals surface area (Å²) in [6.45, 7) is 22.3. The number of nitrogens with two attached hydrogens (primary N) is 3. The van der Waals surface area contributed by atoms with Crippen molar-refractivity contribution in [3.8, 4) is 35.3 Å². The quantitative estimate of drug-likeness (QED) is 0.0176. The van der Waals surface area contributed by atoms with Crippen LogP contribution in [0.2, 0.25) is 15.1 Å². The van der Waals surface area contributed by atoms with Gasteiger partial charge < -0.3 is 32.5 Å². The Morgan fingerprint density at radius 3 is 0.914 bits per heavy atom. The van der Waals surface area contributed by atoms with Crippen molar-refractivity contribution in [3.05, 3.63) is 373 Å². The molecule has 23 nitrogen and oxygen atoms in total. The van der Waals surface area contributed by atoms with Crippen molar-refractivity contribution < 1.29 is 84.4 Å². The van der Waals surface area contributed by atoms with Crippen molar-refractivity contribution in [1.82, 2.24) is 29.3 Å². The summed E-state index contributed by atoms with van der Waals surface area (Å²) in [5.41, 5.74) is 27.6. The van der Waals surface area contributed by atoms with Crippen molar-refractivity contribution >= 4 is 116 Å². The van der Waals surface area contributed by atoms with E-state index in [1.54, 1.807) is 111 Å². The van der Waals surface area contributed by atoms with Gasteiger partial charge in [0.2, 0.25) is 0 Å². The fourth-order valence-electron chi connectivity index (χ4n) is 13.0. The number of carboxylic acid groups (broad SMARTS) is 3. The molecule has 0 fully saturated rings. The summed E-state index contributed by atoms with van der Waals surface area (Å²) in [4.78, 5) is 90.4. The second kappa shape index (κ2) is 54.0. The molecule has 10 aromatic carbocycles. The summed E-state index contributed by atoms with van der Waals surface area (Å²) in [6, 6.07) is 62.8. The maximum atomic E-state index is 13.9. The number of carboxylic acids is 3. The molecule has 0 amide bonds. The molecular weight excluding hydrogens is 1970 g/mol. The molecule has 3 heterocycles. The number of halogens is 11. The van der Waals surface area contributed by atoms with Gasteiger partial charge in [0.15, 0.2) is 0 Å². The minimum atomic E-state index is -1.34. The monoisotopic (exact) mass is 2070 g/mol. The lowest BCUT2D eigenvalue weighted by Gasteiger charge is -2.12. The van der Waals surface area contributed by atoms with Crippen molar-refractivity contribution in [3.63, 3.8) is 0 Å².